The first kappa shape index (κ1) is 27.2. The lowest BCUT2D eigenvalue weighted by Crippen LogP contribution is -2.09. The van der Waals surface area contributed by atoms with Gasteiger partial charge in [-0.05, 0) is 75.5 Å². The first-order chi connectivity index (χ1) is 22.3. The number of benzene rings is 7. The SMILES string of the molecule is O[B]Oc1cc2ccccc2c2c1sc1cc(N(c3ccc(-c4ccccc4)cc3)c3ccc(-c4ccccc4)cc3)ccc12. The lowest BCUT2D eigenvalue weighted by molar-refractivity contribution is 0.457. The molecule has 3 nitrogen and oxygen atoms in total. The van der Waals surface area contributed by atoms with Crippen LogP contribution in [0.5, 0.6) is 5.75 Å². The molecule has 7 aromatic carbocycles. The standard InChI is InChI=1S/C40H27BNO2S/c43-41-44-37-25-31-13-7-8-14-35(31)39-36-24-23-34(26-38(36)45-40(37)39)42(32-19-15-29(16-20-32)27-9-3-1-4-10-27)33-21-17-30(18-22-33)28-11-5-2-6-12-28/h1-26,43H. The van der Waals surface area contributed by atoms with Crippen molar-refractivity contribution in [3.63, 3.8) is 0 Å². The van der Waals surface area contributed by atoms with Gasteiger partial charge in [-0.3, -0.25) is 0 Å². The van der Waals surface area contributed by atoms with Crippen LogP contribution in [0.25, 0.3) is 53.2 Å². The van der Waals surface area contributed by atoms with E-state index >= 15 is 0 Å². The van der Waals surface area contributed by atoms with Crippen molar-refractivity contribution in [2.45, 2.75) is 0 Å². The molecule has 0 unspecified atom stereocenters. The smallest absolute Gasteiger partial charge is 0.536 e. The zero-order valence-corrected chi connectivity index (χ0v) is 25.1. The first-order valence-corrected chi connectivity index (χ1v) is 15.7. The molecule has 0 spiro atoms. The van der Waals surface area contributed by atoms with Gasteiger partial charge >= 0.3 is 7.69 Å². The van der Waals surface area contributed by atoms with Crippen LogP contribution in [-0.2, 0) is 0 Å². The molecule has 0 saturated heterocycles. The predicted molar refractivity (Wildman–Crippen MR) is 191 cm³/mol. The van der Waals surface area contributed by atoms with Crippen LogP contribution in [-0.4, -0.2) is 12.7 Å². The zero-order chi connectivity index (χ0) is 30.2. The van der Waals surface area contributed by atoms with Gasteiger partial charge in [0.1, 0.15) is 5.75 Å². The third-order valence-corrected chi connectivity index (χ3v) is 9.48. The molecule has 0 aliphatic heterocycles. The fourth-order valence-corrected chi connectivity index (χ4v) is 7.39. The summed E-state index contributed by atoms with van der Waals surface area (Å²) in [6.45, 7) is 0. The van der Waals surface area contributed by atoms with Crippen LogP contribution in [0, 0.1) is 0 Å². The Morgan fingerprint density at radius 2 is 1.04 bits per heavy atom. The minimum Gasteiger partial charge on any atom is -0.536 e. The van der Waals surface area contributed by atoms with Crippen LogP contribution in [0.4, 0.5) is 17.1 Å². The Hall–Kier alpha value is -5.36. The summed E-state index contributed by atoms with van der Waals surface area (Å²) in [4.78, 5) is 2.31. The highest BCUT2D eigenvalue weighted by atomic mass is 32.1. The number of rotatable bonds is 7. The Morgan fingerprint density at radius 3 is 1.64 bits per heavy atom. The molecule has 0 saturated carbocycles. The molecule has 8 rings (SSSR count). The molecular formula is C40H27BNO2S. The highest BCUT2D eigenvalue weighted by Crippen LogP contribution is 2.46. The van der Waals surface area contributed by atoms with Crippen LogP contribution < -0.4 is 9.55 Å². The zero-order valence-electron chi connectivity index (χ0n) is 24.3. The van der Waals surface area contributed by atoms with Crippen molar-refractivity contribution < 1.29 is 9.68 Å². The van der Waals surface area contributed by atoms with Crippen LogP contribution >= 0.6 is 11.3 Å². The van der Waals surface area contributed by atoms with E-state index in [1.165, 1.54) is 27.6 Å². The number of anilines is 3. The summed E-state index contributed by atoms with van der Waals surface area (Å²) in [7, 11) is 0.763. The van der Waals surface area contributed by atoms with Gasteiger partial charge < -0.3 is 14.6 Å². The van der Waals surface area contributed by atoms with Crippen molar-refractivity contribution in [3.05, 3.63) is 158 Å². The van der Waals surface area contributed by atoms with E-state index in [0.717, 1.165) is 50.3 Å². The molecule has 213 valence electrons. The maximum absolute atomic E-state index is 9.53. The third-order valence-electron chi connectivity index (χ3n) is 8.32. The third kappa shape index (κ3) is 5.02. The van der Waals surface area contributed by atoms with Gasteiger partial charge in [0.25, 0.3) is 0 Å². The molecule has 1 heterocycles. The van der Waals surface area contributed by atoms with E-state index in [4.69, 9.17) is 4.65 Å². The van der Waals surface area contributed by atoms with Gasteiger partial charge in [-0.1, -0.05) is 115 Å². The highest BCUT2D eigenvalue weighted by molar-refractivity contribution is 7.26. The summed E-state index contributed by atoms with van der Waals surface area (Å²) >= 11 is 1.68. The summed E-state index contributed by atoms with van der Waals surface area (Å²) in [5, 5.41) is 14.1. The molecule has 1 aromatic heterocycles. The summed E-state index contributed by atoms with van der Waals surface area (Å²) in [6.07, 6.45) is 0. The molecule has 0 aliphatic rings. The van der Waals surface area contributed by atoms with Gasteiger partial charge in [-0.25, -0.2) is 0 Å². The van der Waals surface area contributed by atoms with E-state index in [-0.39, 0.29) is 0 Å². The molecule has 1 N–H and O–H groups in total. The van der Waals surface area contributed by atoms with Crippen molar-refractivity contribution >= 4 is 67.0 Å². The minimum atomic E-state index is 0.652. The summed E-state index contributed by atoms with van der Waals surface area (Å²) in [6, 6.07) is 55.5. The second-order valence-electron chi connectivity index (χ2n) is 11.0. The monoisotopic (exact) mass is 596 g/mol. The Bertz CT molecular complexity index is 2180. The predicted octanol–water partition coefficient (Wildman–Crippen LogP) is 10.9. The molecule has 5 heteroatoms. The second-order valence-corrected chi connectivity index (χ2v) is 12.0. The van der Waals surface area contributed by atoms with Crippen LogP contribution in [0.2, 0.25) is 0 Å². The fourth-order valence-electron chi connectivity index (χ4n) is 6.18. The number of hydrogen-bond donors (Lipinski definition) is 1. The first-order valence-electron chi connectivity index (χ1n) is 14.9. The molecule has 0 atom stereocenters. The molecule has 0 aliphatic carbocycles. The molecule has 0 fully saturated rings. The van der Waals surface area contributed by atoms with Gasteiger partial charge in [-0.15, -0.1) is 11.3 Å². The van der Waals surface area contributed by atoms with E-state index in [9.17, 15) is 5.02 Å². The average Bonchev–Trinajstić information content (AvgIpc) is 3.50. The fraction of sp³-hybridized carbons (Fsp3) is 0. The Labute approximate surface area is 266 Å². The van der Waals surface area contributed by atoms with Crippen LogP contribution in [0.3, 0.4) is 0 Å². The molecule has 8 aromatic rings. The molecule has 0 amide bonds. The average molecular weight is 597 g/mol. The van der Waals surface area contributed by atoms with Crippen molar-refractivity contribution in [3.8, 4) is 28.0 Å². The van der Waals surface area contributed by atoms with Crippen molar-refractivity contribution in [1.29, 1.82) is 0 Å². The molecule has 1 radical (unpaired) electrons. The van der Waals surface area contributed by atoms with Gasteiger partial charge in [0.05, 0.1) is 4.70 Å². The molecular weight excluding hydrogens is 569 g/mol. The van der Waals surface area contributed by atoms with E-state index < -0.39 is 0 Å². The van der Waals surface area contributed by atoms with Gasteiger partial charge in [-0.2, -0.15) is 0 Å². The molecule has 45 heavy (non-hydrogen) atoms. The number of hydrogen-bond acceptors (Lipinski definition) is 4. The Morgan fingerprint density at radius 1 is 0.511 bits per heavy atom. The topological polar surface area (TPSA) is 32.7 Å². The van der Waals surface area contributed by atoms with E-state index in [1.807, 2.05) is 24.3 Å². The van der Waals surface area contributed by atoms with Gasteiger partial charge in [0.15, 0.2) is 0 Å². The Kier molecular flexibility index (Phi) is 7.03. The highest BCUT2D eigenvalue weighted by Gasteiger charge is 2.18. The maximum Gasteiger partial charge on any atom is 0.569 e. The lowest BCUT2D eigenvalue weighted by atomic mass is 10.0. The van der Waals surface area contributed by atoms with Gasteiger partial charge in [0, 0.05) is 32.5 Å². The lowest BCUT2D eigenvalue weighted by Gasteiger charge is -2.26. The van der Waals surface area contributed by atoms with E-state index in [1.54, 1.807) is 11.3 Å². The number of nitrogens with zero attached hydrogens (tertiary/aromatic N) is 1. The normalized spacial score (nSPS) is 11.2. The van der Waals surface area contributed by atoms with E-state index in [0.29, 0.717) is 5.75 Å². The minimum absolute atomic E-state index is 0.652. The summed E-state index contributed by atoms with van der Waals surface area (Å²) in [5.41, 5.74) is 7.96. The Balaban J connectivity index is 1.28. The van der Waals surface area contributed by atoms with E-state index in [2.05, 4.69) is 138 Å². The van der Waals surface area contributed by atoms with Crippen LogP contribution in [0.15, 0.2) is 158 Å². The van der Waals surface area contributed by atoms with Crippen molar-refractivity contribution in [1.82, 2.24) is 0 Å². The van der Waals surface area contributed by atoms with Crippen molar-refractivity contribution in [2.75, 3.05) is 4.90 Å². The summed E-state index contributed by atoms with van der Waals surface area (Å²) in [5.74, 6) is 0.652. The van der Waals surface area contributed by atoms with Crippen LogP contribution in [0.1, 0.15) is 0 Å². The number of thiophene rings is 1. The maximum atomic E-state index is 9.53. The van der Waals surface area contributed by atoms with Gasteiger partial charge in [0.2, 0.25) is 0 Å². The quantitative estimate of drug-likeness (QED) is 0.186. The molecule has 0 bridgehead atoms. The second kappa shape index (κ2) is 11.6. The summed E-state index contributed by atoms with van der Waals surface area (Å²) < 4.78 is 7.76. The largest absolute Gasteiger partial charge is 0.569 e. The number of fused-ring (bicyclic) bond motifs is 5. The van der Waals surface area contributed by atoms with Crippen molar-refractivity contribution in [2.24, 2.45) is 0 Å².